The fourth-order valence-electron chi connectivity index (χ4n) is 2.97. The maximum Gasteiger partial charge on any atom is 0.226 e. The number of nitrogens with one attached hydrogen (secondary N) is 2. The highest BCUT2D eigenvalue weighted by atomic mass is 19.1. The molecule has 0 aromatic heterocycles. The molecular weight excluding hydrogens is 255 g/mol. The van der Waals surface area contributed by atoms with Crippen molar-refractivity contribution in [1.82, 2.24) is 5.32 Å². The van der Waals surface area contributed by atoms with Gasteiger partial charge in [-0.2, -0.15) is 0 Å². The average molecular weight is 278 g/mol. The Labute approximate surface area is 120 Å². The Kier molecular flexibility index (Phi) is 4.76. The summed E-state index contributed by atoms with van der Waals surface area (Å²) in [5, 5.41) is 6.16. The van der Waals surface area contributed by atoms with Crippen LogP contribution in [0, 0.1) is 12.7 Å². The molecule has 0 bridgehead atoms. The molecule has 1 saturated carbocycles. The summed E-state index contributed by atoms with van der Waals surface area (Å²) in [7, 11) is 1.92. The minimum Gasteiger partial charge on any atom is -0.326 e. The molecule has 0 unspecified atom stereocenters. The fraction of sp³-hybridized carbons (Fsp3) is 0.562. The number of carbonyl (C=O) groups is 1. The molecule has 1 amide bonds. The number of hydrogen-bond donors (Lipinski definition) is 2. The third-order valence-corrected chi connectivity index (χ3v) is 4.31. The van der Waals surface area contributed by atoms with E-state index in [0.29, 0.717) is 12.1 Å². The quantitative estimate of drug-likeness (QED) is 0.886. The Bertz CT molecular complexity index is 481. The van der Waals surface area contributed by atoms with Gasteiger partial charge in [0.1, 0.15) is 5.82 Å². The van der Waals surface area contributed by atoms with Gasteiger partial charge in [-0.15, -0.1) is 0 Å². The van der Waals surface area contributed by atoms with Gasteiger partial charge in [0.05, 0.1) is 0 Å². The number of anilines is 1. The highest BCUT2D eigenvalue weighted by Gasteiger charge is 2.32. The molecular formula is C16H23FN2O. The lowest BCUT2D eigenvalue weighted by Crippen LogP contribution is -2.47. The number of benzene rings is 1. The van der Waals surface area contributed by atoms with Crippen LogP contribution in [-0.4, -0.2) is 18.5 Å². The number of amides is 1. The molecule has 0 atom stereocenters. The molecule has 20 heavy (non-hydrogen) atoms. The van der Waals surface area contributed by atoms with Crippen LogP contribution in [0.3, 0.4) is 0 Å². The maximum absolute atomic E-state index is 13.2. The van der Waals surface area contributed by atoms with E-state index in [1.165, 1.54) is 18.6 Å². The van der Waals surface area contributed by atoms with Gasteiger partial charge in [0.2, 0.25) is 5.91 Å². The van der Waals surface area contributed by atoms with Crippen LogP contribution < -0.4 is 10.6 Å². The normalized spacial score (nSPS) is 17.8. The third kappa shape index (κ3) is 3.57. The molecule has 1 fully saturated rings. The monoisotopic (exact) mass is 278 g/mol. The van der Waals surface area contributed by atoms with E-state index in [2.05, 4.69) is 10.6 Å². The molecule has 1 aromatic rings. The smallest absolute Gasteiger partial charge is 0.226 e. The van der Waals surface area contributed by atoms with Crippen LogP contribution in [0.2, 0.25) is 0 Å². The number of aryl methyl sites for hydroxylation is 1. The Morgan fingerprint density at radius 1 is 1.30 bits per heavy atom. The lowest BCUT2D eigenvalue weighted by atomic mass is 9.79. The Hall–Kier alpha value is -1.42. The van der Waals surface area contributed by atoms with Gasteiger partial charge in [-0.3, -0.25) is 4.79 Å². The van der Waals surface area contributed by atoms with Crippen molar-refractivity contribution in [3.63, 3.8) is 0 Å². The molecule has 0 radical (unpaired) electrons. The van der Waals surface area contributed by atoms with Gasteiger partial charge in [-0.05, 0) is 44.5 Å². The molecule has 3 nitrogen and oxygen atoms in total. The van der Waals surface area contributed by atoms with Crippen molar-refractivity contribution in [2.75, 3.05) is 12.4 Å². The molecule has 1 aliphatic carbocycles. The van der Waals surface area contributed by atoms with Gasteiger partial charge in [0.15, 0.2) is 0 Å². The van der Waals surface area contributed by atoms with Gasteiger partial charge in [-0.1, -0.05) is 25.3 Å². The number of rotatable bonds is 4. The first kappa shape index (κ1) is 15.0. The van der Waals surface area contributed by atoms with Crippen molar-refractivity contribution in [3.8, 4) is 0 Å². The first-order valence-electron chi connectivity index (χ1n) is 7.30. The van der Waals surface area contributed by atoms with Gasteiger partial charge < -0.3 is 10.6 Å². The minimum atomic E-state index is -0.327. The number of hydrogen-bond acceptors (Lipinski definition) is 2. The topological polar surface area (TPSA) is 41.1 Å². The van der Waals surface area contributed by atoms with Crippen LogP contribution in [0.1, 0.15) is 44.1 Å². The van der Waals surface area contributed by atoms with Crippen LogP contribution in [0.4, 0.5) is 10.1 Å². The van der Waals surface area contributed by atoms with E-state index in [9.17, 15) is 9.18 Å². The highest BCUT2D eigenvalue weighted by molar-refractivity contribution is 5.92. The molecule has 110 valence electrons. The molecule has 1 aromatic carbocycles. The lowest BCUT2D eigenvalue weighted by molar-refractivity contribution is -0.117. The molecule has 0 saturated heterocycles. The predicted octanol–water partition coefficient (Wildman–Crippen LogP) is 3.39. The van der Waals surface area contributed by atoms with E-state index < -0.39 is 0 Å². The second kappa shape index (κ2) is 6.35. The van der Waals surface area contributed by atoms with E-state index in [0.717, 1.165) is 31.2 Å². The van der Waals surface area contributed by atoms with Gasteiger partial charge >= 0.3 is 0 Å². The fourth-order valence-corrected chi connectivity index (χ4v) is 2.97. The van der Waals surface area contributed by atoms with E-state index in [1.54, 1.807) is 6.07 Å². The Morgan fingerprint density at radius 2 is 2.00 bits per heavy atom. The first-order valence-corrected chi connectivity index (χ1v) is 7.30. The van der Waals surface area contributed by atoms with Gasteiger partial charge in [0, 0.05) is 17.6 Å². The highest BCUT2D eigenvalue weighted by Crippen LogP contribution is 2.31. The number of carbonyl (C=O) groups excluding carboxylic acids is 1. The zero-order valence-electron chi connectivity index (χ0n) is 12.3. The zero-order valence-corrected chi connectivity index (χ0v) is 12.3. The molecule has 0 spiro atoms. The lowest BCUT2D eigenvalue weighted by Gasteiger charge is -2.36. The third-order valence-electron chi connectivity index (χ3n) is 4.31. The molecule has 4 heteroatoms. The maximum atomic E-state index is 13.2. The molecule has 1 aliphatic rings. The Morgan fingerprint density at radius 3 is 2.65 bits per heavy atom. The van der Waals surface area contributed by atoms with Crippen molar-refractivity contribution in [1.29, 1.82) is 0 Å². The molecule has 0 heterocycles. The van der Waals surface area contributed by atoms with Gasteiger partial charge in [-0.25, -0.2) is 4.39 Å². The summed E-state index contributed by atoms with van der Waals surface area (Å²) < 4.78 is 13.2. The van der Waals surface area contributed by atoms with Crippen LogP contribution >= 0.6 is 0 Å². The SMILES string of the molecule is CNC1(CC(=O)Nc2cc(F)ccc2C)CCCCC1. The van der Waals surface area contributed by atoms with Crippen molar-refractivity contribution in [3.05, 3.63) is 29.6 Å². The van der Waals surface area contributed by atoms with E-state index in [-0.39, 0.29) is 17.3 Å². The molecule has 2 N–H and O–H groups in total. The van der Waals surface area contributed by atoms with Crippen LogP contribution in [0.5, 0.6) is 0 Å². The van der Waals surface area contributed by atoms with Crippen molar-refractivity contribution >= 4 is 11.6 Å². The van der Waals surface area contributed by atoms with Crippen LogP contribution in [-0.2, 0) is 4.79 Å². The summed E-state index contributed by atoms with van der Waals surface area (Å²) in [6, 6.07) is 4.46. The van der Waals surface area contributed by atoms with Crippen LogP contribution in [0.15, 0.2) is 18.2 Å². The summed E-state index contributed by atoms with van der Waals surface area (Å²) in [4.78, 5) is 12.2. The second-order valence-corrected chi connectivity index (χ2v) is 5.78. The minimum absolute atomic E-state index is 0.0463. The second-order valence-electron chi connectivity index (χ2n) is 5.78. The number of halogens is 1. The van der Waals surface area contributed by atoms with Crippen molar-refractivity contribution < 1.29 is 9.18 Å². The summed E-state index contributed by atoms with van der Waals surface area (Å²) in [6.45, 7) is 1.86. The van der Waals surface area contributed by atoms with Crippen molar-refractivity contribution in [2.24, 2.45) is 0 Å². The van der Waals surface area contributed by atoms with Crippen LogP contribution in [0.25, 0.3) is 0 Å². The largest absolute Gasteiger partial charge is 0.326 e. The van der Waals surface area contributed by atoms with E-state index in [1.807, 2.05) is 14.0 Å². The van der Waals surface area contributed by atoms with E-state index >= 15 is 0 Å². The zero-order chi connectivity index (χ0) is 14.6. The summed E-state index contributed by atoms with van der Waals surface area (Å²) in [5.74, 6) is -0.373. The first-order chi connectivity index (χ1) is 9.54. The standard InChI is InChI=1S/C16H23FN2O/c1-12-6-7-13(17)10-14(12)19-15(20)11-16(18-2)8-4-3-5-9-16/h6-7,10,18H,3-5,8-9,11H2,1-2H3,(H,19,20). The van der Waals surface area contributed by atoms with Crippen molar-refractivity contribution in [2.45, 2.75) is 51.0 Å². The summed E-state index contributed by atoms with van der Waals surface area (Å²) >= 11 is 0. The molecule has 2 rings (SSSR count). The molecule has 0 aliphatic heterocycles. The summed E-state index contributed by atoms with van der Waals surface area (Å²) in [6.07, 6.45) is 6.06. The Balaban J connectivity index is 2.02. The average Bonchev–Trinajstić information content (AvgIpc) is 2.44. The van der Waals surface area contributed by atoms with E-state index in [4.69, 9.17) is 0 Å². The van der Waals surface area contributed by atoms with Gasteiger partial charge in [0.25, 0.3) is 0 Å². The predicted molar refractivity (Wildman–Crippen MR) is 79.3 cm³/mol. The summed E-state index contributed by atoms with van der Waals surface area (Å²) in [5.41, 5.74) is 1.35.